The maximum absolute atomic E-state index is 12.7. The smallest absolute Gasteiger partial charge is 0.224 e. The van der Waals surface area contributed by atoms with Crippen LogP contribution in [0.4, 0.5) is 4.39 Å². The van der Waals surface area contributed by atoms with Crippen LogP contribution in [0.3, 0.4) is 0 Å². The van der Waals surface area contributed by atoms with Crippen LogP contribution in [0.2, 0.25) is 0 Å². The van der Waals surface area contributed by atoms with Gasteiger partial charge in [0.1, 0.15) is 11.4 Å². The highest BCUT2D eigenvalue weighted by Crippen LogP contribution is 2.11. The summed E-state index contributed by atoms with van der Waals surface area (Å²) in [5.41, 5.74) is 0.0301. The minimum Gasteiger partial charge on any atom is -0.338 e. The number of benzene rings is 1. The van der Waals surface area contributed by atoms with Crippen molar-refractivity contribution >= 4 is 5.91 Å². The zero-order valence-corrected chi connectivity index (χ0v) is 10.8. The molecule has 1 rings (SSSR count). The van der Waals surface area contributed by atoms with Crippen molar-refractivity contribution in [3.63, 3.8) is 0 Å². The van der Waals surface area contributed by atoms with Crippen molar-refractivity contribution in [2.45, 2.75) is 32.7 Å². The van der Waals surface area contributed by atoms with E-state index >= 15 is 0 Å². The molecule has 0 aliphatic carbocycles. The second-order valence-corrected chi connectivity index (χ2v) is 4.96. The number of nitriles is 1. The minimum atomic E-state index is -0.867. The van der Waals surface area contributed by atoms with Gasteiger partial charge in [-0.2, -0.15) is 5.26 Å². The summed E-state index contributed by atoms with van der Waals surface area (Å²) in [5.74, 6) is -0.726. The first-order valence-corrected chi connectivity index (χ1v) is 5.82. The van der Waals surface area contributed by atoms with Gasteiger partial charge in [0.25, 0.3) is 0 Å². The molecule has 0 radical (unpaired) electrons. The van der Waals surface area contributed by atoms with Crippen molar-refractivity contribution < 1.29 is 9.18 Å². The molecule has 0 spiro atoms. The van der Waals surface area contributed by atoms with Crippen molar-refractivity contribution in [3.8, 4) is 6.07 Å². The zero-order chi connectivity index (χ0) is 13.8. The number of carbonyl (C=O) groups is 1. The lowest BCUT2D eigenvalue weighted by Gasteiger charge is -2.20. The number of hydrogen-bond donors (Lipinski definition) is 1. The maximum Gasteiger partial charge on any atom is 0.224 e. The molecule has 1 N–H and O–H groups in total. The van der Waals surface area contributed by atoms with Gasteiger partial charge >= 0.3 is 0 Å². The topological polar surface area (TPSA) is 52.9 Å². The average Bonchev–Trinajstić information content (AvgIpc) is 2.31. The summed E-state index contributed by atoms with van der Waals surface area (Å²) >= 11 is 0. The van der Waals surface area contributed by atoms with Crippen molar-refractivity contribution in [1.29, 1.82) is 5.26 Å². The molecule has 0 heterocycles. The van der Waals surface area contributed by atoms with Crippen molar-refractivity contribution in [1.82, 2.24) is 5.32 Å². The molecule has 1 unspecified atom stereocenters. The van der Waals surface area contributed by atoms with E-state index in [0.717, 1.165) is 5.56 Å². The summed E-state index contributed by atoms with van der Waals surface area (Å²) < 4.78 is 12.7. The Balaban J connectivity index is 2.61. The molecule has 0 saturated heterocycles. The fourth-order valence-corrected chi connectivity index (χ4v) is 1.53. The van der Waals surface area contributed by atoms with Crippen molar-refractivity contribution in [2.24, 2.45) is 5.92 Å². The third-order valence-electron chi connectivity index (χ3n) is 2.62. The van der Waals surface area contributed by atoms with Crippen LogP contribution in [-0.4, -0.2) is 11.4 Å². The van der Waals surface area contributed by atoms with Crippen LogP contribution in [0.5, 0.6) is 0 Å². The minimum absolute atomic E-state index is 0.175. The number of rotatable bonds is 4. The van der Waals surface area contributed by atoms with Gasteiger partial charge in [-0.1, -0.05) is 19.1 Å². The zero-order valence-electron chi connectivity index (χ0n) is 10.8. The van der Waals surface area contributed by atoms with Gasteiger partial charge < -0.3 is 5.32 Å². The molecular weight excluding hydrogens is 231 g/mol. The second kappa shape index (κ2) is 5.63. The van der Waals surface area contributed by atoms with E-state index in [2.05, 4.69) is 5.32 Å². The van der Waals surface area contributed by atoms with E-state index in [-0.39, 0.29) is 17.6 Å². The molecule has 1 aromatic rings. The Morgan fingerprint density at radius 3 is 2.50 bits per heavy atom. The third-order valence-corrected chi connectivity index (χ3v) is 2.62. The van der Waals surface area contributed by atoms with Crippen LogP contribution in [-0.2, 0) is 11.2 Å². The van der Waals surface area contributed by atoms with Crippen LogP contribution in [0, 0.1) is 23.1 Å². The highest BCUT2D eigenvalue weighted by atomic mass is 19.1. The Labute approximate surface area is 107 Å². The van der Waals surface area contributed by atoms with Gasteiger partial charge in [-0.25, -0.2) is 4.39 Å². The molecule has 0 bridgehead atoms. The number of nitrogens with zero attached hydrogens (tertiary/aromatic N) is 1. The normalized spacial score (nSPS) is 12.6. The Bertz CT molecular complexity index is 460. The van der Waals surface area contributed by atoms with Gasteiger partial charge in [0.15, 0.2) is 0 Å². The predicted molar refractivity (Wildman–Crippen MR) is 67.1 cm³/mol. The standard InChI is InChI=1S/C14H17FN2O/c1-10(13(18)17-14(2,3)9-16)8-11-4-6-12(15)7-5-11/h4-7,10H,8H2,1-3H3,(H,17,18). The molecule has 0 fully saturated rings. The third kappa shape index (κ3) is 4.17. The Morgan fingerprint density at radius 1 is 1.44 bits per heavy atom. The van der Waals surface area contributed by atoms with Gasteiger partial charge in [0.05, 0.1) is 6.07 Å². The van der Waals surface area contributed by atoms with Crippen molar-refractivity contribution in [3.05, 3.63) is 35.6 Å². The summed E-state index contributed by atoms with van der Waals surface area (Å²) in [6.07, 6.45) is 0.521. The average molecular weight is 248 g/mol. The van der Waals surface area contributed by atoms with Crippen LogP contribution < -0.4 is 5.32 Å². The molecule has 1 amide bonds. The summed E-state index contributed by atoms with van der Waals surface area (Å²) in [5, 5.41) is 11.5. The van der Waals surface area contributed by atoms with E-state index in [9.17, 15) is 9.18 Å². The summed E-state index contributed by atoms with van der Waals surface area (Å²) in [4.78, 5) is 11.9. The fourth-order valence-electron chi connectivity index (χ4n) is 1.53. The molecule has 0 aliphatic rings. The molecule has 0 saturated carbocycles. The summed E-state index contributed by atoms with van der Waals surface area (Å²) in [7, 11) is 0. The lowest BCUT2D eigenvalue weighted by atomic mass is 9.98. The van der Waals surface area contributed by atoms with Gasteiger partial charge in [-0.05, 0) is 38.0 Å². The number of carbonyl (C=O) groups excluding carboxylic acids is 1. The molecule has 0 aliphatic heterocycles. The van der Waals surface area contributed by atoms with Crippen LogP contribution in [0.15, 0.2) is 24.3 Å². The highest BCUT2D eigenvalue weighted by molar-refractivity contribution is 5.79. The van der Waals surface area contributed by atoms with Crippen molar-refractivity contribution in [2.75, 3.05) is 0 Å². The van der Waals surface area contributed by atoms with Crippen LogP contribution in [0.1, 0.15) is 26.3 Å². The second-order valence-electron chi connectivity index (χ2n) is 4.96. The lowest BCUT2D eigenvalue weighted by Crippen LogP contribution is -2.44. The van der Waals surface area contributed by atoms with Crippen LogP contribution >= 0.6 is 0 Å². The first-order chi connectivity index (χ1) is 8.34. The van der Waals surface area contributed by atoms with E-state index in [0.29, 0.717) is 6.42 Å². The van der Waals surface area contributed by atoms with Gasteiger partial charge in [0.2, 0.25) is 5.91 Å². The first kappa shape index (κ1) is 14.2. The number of hydrogen-bond acceptors (Lipinski definition) is 2. The van der Waals surface area contributed by atoms with Gasteiger partial charge in [-0.3, -0.25) is 4.79 Å². The van der Waals surface area contributed by atoms with E-state index in [4.69, 9.17) is 5.26 Å². The van der Waals surface area contributed by atoms with Gasteiger partial charge in [-0.15, -0.1) is 0 Å². The number of nitrogens with one attached hydrogen (secondary N) is 1. The molecule has 4 heteroatoms. The molecule has 96 valence electrons. The lowest BCUT2D eigenvalue weighted by molar-refractivity contribution is -0.125. The quantitative estimate of drug-likeness (QED) is 0.889. The van der Waals surface area contributed by atoms with E-state index < -0.39 is 5.54 Å². The molecule has 3 nitrogen and oxygen atoms in total. The highest BCUT2D eigenvalue weighted by Gasteiger charge is 2.22. The van der Waals surface area contributed by atoms with E-state index in [1.807, 2.05) is 6.07 Å². The Morgan fingerprint density at radius 2 is 2.00 bits per heavy atom. The van der Waals surface area contributed by atoms with E-state index in [1.54, 1.807) is 32.9 Å². The van der Waals surface area contributed by atoms with Gasteiger partial charge in [0, 0.05) is 5.92 Å². The van der Waals surface area contributed by atoms with Crippen LogP contribution in [0.25, 0.3) is 0 Å². The largest absolute Gasteiger partial charge is 0.338 e. The first-order valence-electron chi connectivity index (χ1n) is 5.82. The predicted octanol–water partition coefficient (Wildman–Crippen LogP) is 2.42. The molecule has 18 heavy (non-hydrogen) atoms. The number of halogens is 1. The maximum atomic E-state index is 12.7. The SMILES string of the molecule is CC(Cc1ccc(F)cc1)C(=O)NC(C)(C)C#N. The fraction of sp³-hybridized carbons (Fsp3) is 0.429. The summed E-state index contributed by atoms with van der Waals surface area (Å²) in [6.45, 7) is 5.08. The van der Waals surface area contributed by atoms with E-state index in [1.165, 1.54) is 12.1 Å². The molecule has 1 aromatic carbocycles. The number of amides is 1. The Hall–Kier alpha value is -1.89. The molecule has 0 aromatic heterocycles. The monoisotopic (exact) mass is 248 g/mol. The Kier molecular flexibility index (Phi) is 4.43. The summed E-state index contributed by atoms with van der Waals surface area (Å²) in [6, 6.07) is 8.09. The molecule has 1 atom stereocenters. The molecular formula is C14H17FN2O.